The fourth-order valence-electron chi connectivity index (χ4n) is 3.20. The molecule has 2 aromatic carbocycles. The van der Waals surface area contributed by atoms with E-state index in [0.717, 1.165) is 5.56 Å². The molecule has 0 unspecified atom stereocenters. The number of carbonyl (C=O) groups is 1. The van der Waals surface area contributed by atoms with Gasteiger partial charge in [-0.05, 0) is 36.8 Å². The van der Waals surface area contributed by atoms with Gasteiger partial charge in [0.2, 0.25) is 10.0 Å². The van der Waals surface area contributed by atoms with Gasteiger partial charge in [-0.15, -0.1) is 10.2 Å². The van der Waals surface area contributed by atoms with Crippen LogP contribution in [-0.2, 0) is 17.1 Å². The Kier molecular flexibility index (Phi) is 6.33. The lowest BCUT2D eigenvalue weighted by atomic mass is 10.1. The van der Waals surface area contributed by atoms with Crippen molar-refractivity contribution in [2.75, 3.05) is 18.4 Å². The van der Waals surface area contributed by atoms with Crippen molar-refractivity contribution < 1.29 is 13.2 Å². The second-order valence-electron chi connectivity index (χ2n) is 6.87. The number of amides is 1. The highest BCUT2D eigenvalue weighted by Crippen LogP contribution is 2.23. The van der Waals surface area contributed by atoms with Crippen LogP contribution in [0, 0.1) is 6.92 Å². The van der Waals surface area contributed by atoms with Crippen LogP contribution < -0.4 is 5.32 Å². The molecule has 158 valence electrons. The minimum atomic E-state index is -3.65. The molecule has 0 aliphatic carbocycles. The Bertz CT molecular complexity index is 1170. The number of hydrogen-bond acceptors (Lipinski definition) is 5. The van der Waals surface area contributed by atoms with Crippen molar-refractivity contribution in [3.8, 4) is 11.4 Å². The Hall–Kier alpha value is -3.04. The van der Waals surface area contributed by atoms with Crippen LogP contribution in [0.25, 0.3) is 11.4 Å². The summed E-state index contributed by atoms with van der Waals surface area (Å²) >= 11 is 0. The van der Waals surface area contributed by atoms with Crippen molar-refractivity contribution in [1.82, 2.24) is 19.1 Å². The Morgan fingerprint density at radius 2 is 1.87 bits per heavy atom. The Balaban J connectivity index is 1.90. The first-order valence-corrected chi connectivity index (χ1v) is 11.1. The normalized spacial score (nSPS) is 11.6. The van der Waals surface area contributed by atoms with Crippen LogP contribution in [0.5, 0.6) is 0 Å². The molecule has 8 nitrogen and oxygen atoms in total. The van der Waals surface area contributed by atoms with E-state index in [9.17, 15) is 13.2 Å². The summed E-state index contributed by atoms with van der Waals surface area (Å²) in [6.07, 6.45) is 1.60. The average Bonchev–Trinajstić information content (AvgIpc) is 3.15. The lowest BCUT2D eigenvalue weighted by Gasteiger charge is -2.19. The van der Waals surface area contributed by atoms with Crippen molar-refractivity contribution in [1.29, 1.82) is 0 Å². The lowest BCUT2D eigenvalue weighted by molar-refractivity contribution is 0.102. The van der Waals surface area contributed by atoms with E-state index in [0.29, 0.717) is 35.7 Å². The zero-order valence-corrected chi connectivity index (χ0v) is 18.3. The number of nitrogens with zero attached hydrogens (tertiary/aromatic N) is 4. The van der Waals surface area contributed by atoms with E-state index in [1.807, 2.05) is 19.2 Å². The Morgan fingerprint density at radius 3 is 2.50 bits per heavy atom. The molecular formula is C21H25N5O3S. The standard InChI is InChI=1S/C21H25N5O3S/c1-5-26(6-2)30(28,29)18-11-10-15(3)19(13-18)21(27)23-17-9-7-8-16(12-17)20-24-22-14-25(20)4/h7-14H,5-6H2,1-4H3,(H,23,27). The molecule has 0 saturated heterocycles. The molecule has 0 radical (unpaired) electrons. The molecule has 0 fully saturated rings. The molecule has 3 aromatic rings. The second kappa shape index (κ2) is 8.76. The number of aromatic nitrogens is 3. The van der Waals surface area contributed by atoms with Gasteiger partial charge in [0.05, 0.1) is 4.90 Å². The molecule has 0 spiro atoms. The highest BCUT2D eigenvalue weighted by molar-refractivity contribution is 7.89. The largest absolute Gasteiger partial charge is 0.322 e. The van der Waals surface area contributed by atoms with Gasteiger partial charge in [0.25, 0.3) is 5.91 Å². The van der Waals surface area contributed by atoms with E-state index in [1.54, 1.807) is 49.9 Å². The molecule has 0 saturated carbocycles. The first-order chi connectivity index (χ1) is 14.3. The topological polar surface area (TPSA) is 97.2 Å². The van der Waals surface area contributed by atoms with Crippen molar-refractivity contribution >= 4 is 21.6 Å². The molecule has 9 heteroatoms. The van der Waals surface area contributed by atoms with Crippen LogP contribution in [0.1, 0.15) is 29.8 Å². The highest BCUT2D eigenvalue weighted by Gasteiger charge is 2.23. The summed E-state index contributed by atoms with van der Waals surface area (Å²) in [4.78, 5) is 13.0. The number of anilines is 1. The fraction of sp³-hybridized carbons (Fsp3) is 0.286. The smallest absolute Gasteiger partial charge is 0.255 e. The van der Waals surface area contributed by atoms with Crippen LogP contribution in [0.4, 0.5) is 5.69 Å². The summed E-state index contributed by atoms with van der Waals surface area (Å²) in [7, 11) is -1.81. The third kappa shape index (κ3) is 4.27. The molecule has 1 aromatic heterocycles. The number of nitrogens with one attached hydrogen (secondary N) is 1. The van der Waals surface area contributed by atoms with Gasteiger partial charge >= 0.3 is 0 Å². The van der Waals surface area contributed by atoms with Gasteiger partial charge in [0.1, 0.15) is 6.33 Å². The maximum Gasteiger partial charge on any atom is 0.255 e. The van der Waals surface area contributed by atoms with Gasteiger partial charge in [-0.1, -0.05) is 32.0 Å². The van der Waals surface area contributed by atoms with Crippen LogP contribution in [0.2, 0.25) is 0 Å². The second-order valence-corrected chi connectivity index (χ2v) is 8.80. The van der Waals surface area contributed by atoms with Crippen molar-refractivity contribution in [3.63, 3.8) is 0 Å². The van der Waals surface area contributed by atoms with E-state index >= 15 is 0 Å². The van der Waals surface area contributed by atoms with Gasteiger partial charge in [-0.25, -0.2) is 8.42 Å². The molecule has 0 bridgehead atoms. The maximum absolute atomic E-state index is 12.9. The molecule has 30 heavy (non-hydrogen) atoms. The third-order valence-corrected chi connectivity index (χ3v) is 6.93. The van der Waals surface area contributed by atoms with Crippen molar-refractivity contribution in [3.05, 3.63) is 59.9 Å². The molecule has 1 amide bonds. The first kappa shape index (κ1) is 21.7. The summed E-state index contributed by atoms with van der Waals surface area (Å²) < 4.78 is 28.8. The summed E-state index contributed by atoms with van der Waals surface area (Å²) in [5.41, 5.74) is 2.39. The van der Waals surface area contributed by atoms with E-state index in [1.165, 1.54) is 16.4 Å². The molecule has 1 heterocycles. The maximum atomic E-state index is 12.9. The SMILES string of the molecule is CCN(CC)S(=O)(=O)c1ccc(C)c(C(=O)Nc2cccc(-c3nncn3C)c2)c1. The highest BCUT2D eigenvalue weighted by atomic mass is 32.2. The van der Waals surface area contributed by atoms with Gasteiger partial charge in [-0.2, -0.15) is 4.31 Å². The van der Waals surface area contributed by atoms with Gasteiger partial charge < -0.3 is 9.88 Å². The van der Waals surface area contributed by atoms with Crippen molar-refractivity contribution in [2.24, 2.45) is 7.05 Å². The predicted molar refractivity (Wildman–Crippen MR) is 116 cm³/mol. The number of hydrogen-bond donors (Lipinski definition) is 1. The molecule has 1 N–H and O–H groups in total. The van der Waals surface area contributed by atoms with E-state index in [2.05, 4.69) is 15.5 Å². The van der Waals surface area contributed by atoms with Crippen LogP contribution in [0.15, 0.2) is 53.7 Å². The zero-order valence-electron chi connectivity index (χ0n) is 17.5. The predicted octanol–water partition coefficient (Wildman–Crippen LogP) is 3.07. The first-order valence-electron chi connectivity index (χ1n) is 9.64. The molecular weight excluding hydrogens is 402 g/mol. The average molecular weight is 428 g/mol. The lowest BCUT2D eigenvalue weighted by Crippen LogP contribution is -2.30. The van der Waals surface area contributed by atoms with Crippen LogP contribution in [-0.4, -0.2) is 46.5 Å². The zero-order chi connectivity index (χ0) is 21.9. The fourth-order valence-corrected chi connectivity index (χ4v) is 4.68. The van der Waals surface area contributed by atoms with E-state index in [-0.39, 0.29) is 10.8 Å². The quantitative estimate of drug-likeness (QED) is 0.625. The number of sulfonamides is 1. The molecule has 3 rings (SSSR count). The summed E-state index contributed by atoms with van der Waals surface area (Å²) in [5, 5.41) is 10.8. The van der Waals surface area contributed by atoms with Crippen molar-refractivity contribution in [2.45, 2.75) is 25.7 Å². The number of rotatable bonds is 7. The van der Waals surface area contributed by atoms with E-state index < -0.39 is 10.0 Å². The number of aryl methyl sites for hydroxylation is 2. The summed E-state index contributed by atoms with van der Waals surface area (Å²) in [5.74, 6) is 0.300. The minimum Gasteiger partial charge on any atom is -0.322 e. The molecule has 0 atom stereocenters. The third-order valence-electron chi connectivity index (χ3n) is 4.89. The minimum absolute atomic E-state index is 0.106. The van der Waals surface area contributed by atoms with Gasteiger partial charge in [0.15, 0.2) is 5.82 Å². The summed E-state index contributed by atoms with van der Waals surface area (Å²) in [6, 6.07) is 11.9. The summed E-state index contributed by atoms with van der Waals surface area (Å²) in [6.45, 7) is 6.07. The molecule has 0 aliphatic heterocycles. The van der Waals surface area contributed by atoms with Gasteiger partial charge in [0, 0.05) is 37.0 Å². The van der Waals surface area contributed by atoms with Crippen LogP contribution in [0.3, 0.4) is 0 Å². The van der Waals surface area contributed by atoms with E-state index in [4.69, 9.17) is 0 Å². The Morgan fingerprint density at radius 1 is 1.13 bits per heavy atom. The van der Waals surface area contributed by atoms with Crippen LogP contribution >= 0.6 is 0 Å². The number of benzene rings is 2. The monoisotopic (exact) mass is 427 g/mol. The molecule has 0 aliphatic rings. The number of carbonyl (C=O) groups excluding carboxylic acids is 1. The Labute approximate surface area is 176 Å². The van der Waals surface area contributed by atoms with Gasteiger partial charge in [-0.3, -0.25) is 4.79 Å².